The van der Waals surface area contributed by atoms with Gasteiger partial charge in [-0.15, -0.1) is 0 Å². The number of nitrogens with two attached hydrogens (primary N) is 1. The van der Waals surface area contributed by atoms with Crippen molar-refractivity contribution < 1.29 is 19.2 Å². The summed E-state index contributed by atoms with van der Waals surface area (Å²) in [7, 11) is 0. The summed E-state index contributed by atoms with van der Waals surface area (Å²) in [5.41, 5.74) is 5.23. The molecular weight excluding hydrogens is 264 g/mol. The Bertz CT molecular complexity index is 488. The summed E-state index contributed by atoms with van der Waals surface area (Å²) in [6, 6.07) is 3.80. The number of anilines is 1. The van der Waals surface area contributed by atoms with Gasteiger partial charge in [-0.2, -0.15) is 0 Å². The maximum atomic E-state index is 11.7. The highest BCUT2D eigenvalue weighted by Crippen LogP contribution is 2.22. The third-order valence-corrected chi connectivity index (χ3v) is 2.37. The molecule has 0 aliphatic carbocycles. The molecule has 20 heavy (non-hydrogen) atoms. The highest BCUT2D eigenvalue weighted by atomic mass is 16.6. The molecule has 0 atom stereocenters. The number of hydrogen-bond donors (Lipinski definition) is 1. The van der Waals surface area contributed by atoms with Gasteiger partial charge in [-0.25, -0.2) is 4.79 Å². The number of nitro groups is 1. The van der Waals surface area contributed by atoms with Gasteiger partial charge in [0, 0.05) is 12.7 Å². The van der Waals surface area contributed by atoms with Crippen LogP contribution in [0.3, 0.4) is 0 Å². The van der Waals surface area contributed by atoms with Crippen molar-refractivity contribution in [2.75, 3.05) is 25.6 Å². The lowest BCUT2D eigenvalue weighted by Gasteiger charge is -2.08. The number of esters is 1. The average molecular weight is 282 g/mol. The number of ether oxygens (including phenoxy) is 2. The van der Waals surface area contributed by atoms with E-state index in [4.69, 9.17) is 15.2 Å². The third-order valence-electron chi connectivity index (χ3n) is 2.37. The molecule has 7 nitrogen and oxygen atoms in total. The number of rotatable bonds is 7. The summed E-state index contributed by atoms with van der Waals surface area (Å²) in [6.45, 7) is 5.01. The zero-order valence-corrected chi connectivity index (χ0v) is 11.5. The van der Waals surface area contributed by atoms with Gasteiger partial charge >= 0.3 is 5.97 Å². The standard InChI is InChI=1S/C13H18N2O5/c1-9(2)8-19-5-6-20-13(16)10-3-4-11(14)12(7-10)15(17)18/h3-4,7,9H,5-6,8,14H2,1-2H3. The fraction of sp³-hybridized carbons (Fsp3) is 0.462. The Balaban J connectivity index is 2.51. The van der Waals surface area contributed by atoms with Crippen molar-refractivity contribution in [3.63, 3.8) is 0 Å². The predicted molar refractivity (Wildman–Crippen MR) is 73.4 cm³/mol. The average Bonchev–Trinajstić information content (AvgIpc) is 2.37. The van der Waals surface area contributed by atoms with Crippen LogP contribution < -0.4 is 5.73 Å². The number of nitro benzene ring substituents is 1. The summed E-state index contributed by atoms with van der Waals surface area (Å²) in [6.07, 6.45) is 0. The van der Waals surface area contributed by atoms with Crippen LogP contribution in [0.4, 0.5) is 11.4 Å². The van der Waals surface area contributed by atoms with E-state index in [1.807, 2.05) is 13.8 Å². The van der Waals surface area contributed by atoms with Crippen LogP contribution in [0.5, 0.6) is 0 Å². The number of hydrogen-bond acceptors (Lipinski definition) is 6. The normalized spacial score (nSPS) is 10.6. The summed E-state index contributed by atoms with van der Waals surface area (Å²) >= 11 is 0. The van der Waals surface area contributed by atoms with Crippen LogP contribution in [0.2, 0.25) is 0 Å². The maximum Gasteiger partial charge on any atom is 0.338 e. The first-order valence-electron chi connectivity index (χ1n) is 6.20. The molecule has 0 saturated heterocycles. The second kappa shape index (κ2) is 7.44. The summed E-state index contributed by atoms with van der Waals surface area (Å²) in [5.74, 6) is -0.230. The van der Waals surface area contributed by atoms with Crippen molar-refractivity contribution >= 4 is 17.3 Å². The van der Waals surface area contributed by atoms with Gasteiger partial charge in [-0.05, 0) is 18.1 Å². The fourth-order valence-corrected chi connectivity index (χ4v) is 1.42. The molecule has 0 aliphatic rings. The molecule has 0 spiro atoms. The van der Waals surface area contributed by atoms with E-state index in [1.165, 1.54) is 12.1 Å². The van der Waals surface area contributed by atoms with Crippen LogP contribution in [-0.2, 0) is 9.47 Å². The van der Waals surface area contributed by atoms with Gasteiger partial charge in [0.1, 0.15) is 12.3 Å². The fourth-order valence-electron chi connectivity index (χ4n) is 1.42. The Hall–Kier alpha value is -2.15. The van der Waals surface area contributed by atoms with Gasteiger partial charge in [0.05, 0.1) is 17.1 Å². The van der Waals surface area contributed by atoms with Crippen LogP contribution in [0.15, 0.2) is 18.2 Å². The van der Waals surface area contributed by atoms with Gasteiger partial charge < -0.3 is 15.2 Å². The zero-order valence-electron chi connectivity index (χ0n) is 11.5. The molecule has 0 unspecified atom stereocenters. The monoisotopic (exact) mass is 282 g/mol. The van der Waals surface area contributed by atoms with Crippen molar-refractivity contribution in [2.24, 2.45) is 5.92 Å². The Morgan fingerprint density at radius 2 is 2.10 bits per heavy atom. The maximum absolute atomic E-state index is 11.7. The van der Waals surface area contributed by atoms with Crippen molar-refractivity contribution in [3.05, 3.63) is 33.9 Å². The molecule has 1 aromatic rings. The molecule has 0 radical (unpaired) electrons. The van der Waals surface area contributed by atoms with E-state index < -0.39 is 10.9 Å². The summed E-state index contributed by atoms with van der Waals surface area (Å²) in [5, 5.41) is 10.7. The number of nitrogens with zero attached hydrogens (tertiary/aromatic N) is 1. The largest absolute Gasteiger partial charge is 0.460 e. The smallest absolute Gasteiger partial charge is 0.338 e. The minimum atomic E-state index is -0.641. The van der Waals surface area contributed by atoms with Gasteiger partial charge in [0.2, 0.25) is 0 Å². The second-order valence-corrected chi connectivity index (χ2v) is 4.64. The highest BCUT2D eigenvalue weighted by Gasteiger charge is 2.16. The van der Waals surface area contributed by atoms with Crippen LogP contribution >= 0.6 is 0 Å². The molecule has 2 N–H and O–H groups in total. The number of benzene rings is 1. The SMILES string of the molecule is CC(C)COCCOC(=O)c1ccc(N)c([N+](=O)[O-])c1. The first-order chi connectivity index (χ1) is 9.41. The third kappa shape index (κ3) is 4.85. The van der Waals surface area contributed by atoms with Gasteiger partial charge in [0.25, 0.3) is 5.69 Å². The molecule has 0 aliphatic heterocycles. The molecule has 0 saturated carbocycles. The van der Waals surface area contributed by atoms with Gasteiger partial charge in [-0.1, -0.05) is 13.8 Å². The van der Waals surface area contributed by atoms with Crippen molar-refractivity contribution in [3.8, 4) is 0 Å². The van der Waals surface area contributed by atoms with Crippen molar-refractivity contribution in [1.29, 1.82) is 0 Å². The first-order valence-corrected chi connectivity index (χ1v) is 6.20. The second-order valence-electron chi connectivity index (χ2n) is 4.64. The van der Waals surface area contributed by atoms with E-state index in [1.54, 1.807) is 0 Å². The quantitative estimate of drug-likeness (QED) is 0.269. The molecule has 0 bridgehead atoms. The first kappa shape index (κ1) is 15.9. The molecule has 1 aromatic carbocycles. The molecule has 0 heterocycles. The van der Waals surface area contributed by atoms with Crippen LogP contribution in [0, 0.1) is 16.0 Å². The van der Waals surface area contributed by atoms with Crippen molar-refractivity contribution in [1.82, 2.24) is 0 Å². The Labute approximate surface area is 116 Å². The minimum absolute atomic E-state index is 0.00631. The van der Waals surface area contributed by atoms with Crippen LogP contribution in [-0.4, -0.2) is 30.7 Å². The Morgan fingerprint density at radius 3 is 2.70 bits per heavy atom. The molecular formula is C13H18N2O5. The Kier molecular flexibility index (Phi) is 5.92. The molecule has 0 amide bonds. The number of nitrogen functional groups attached to an aromatic ring is 1. The van der Waals surface area contributed by atoms with E-state index in [0.29, 0.717) is 19.1 Å². The van der Waals surface area contributed by atoms with Crippen LogP contribution in [0.25, 0.3) is 0 Å². The lowest BCUT2D eigenvalue weighted by molar-refractivity contribution is -0.383. The van der Waals surface area contributed by atoms with Gasteiger partial charge in [-0.3, -0.25) is 10.1 Å². The number of carbonyl (C=O) groups is 1. The minimum Gasteiger partial charge on any atom is -0.460 e. The van der Waals surface area contributed by atoms with Crippen LogP contribution in [0.1, 0.15) is 24.2 Å². The molecule has 7 heteroatoms. The molecule has 0 fully saturated rings. The summed E-state index contributed by atoms with van der Waals surface area (Å²) in [4.78, 5) is 21.8. The predicted octanol–water partition coefficient (Wildman–Crippen LogP) is 2.01. The molecule has 110 valence electrons. The topological polar surface area (TPSA) is 105 Å². The summed E-state index contributed by atoms with van der Waals surface area (Å²) < 4.78 is 10.2. The number of carbonyl (C=O) groups excluding carboxylic acids is 1. The van der Waals surface area contributed by atoms with E-state index in [9.17, 15) is 14.9 Å². The lowest BCUT2D eigenvalue weighted by Crippen LogP contribution is -2.13. The lowest BCUT2D eigenvalue weighted by atomic mass is 10.2. The van der Waals surface area contributed by atoms with Gasteiger partial charge in [0.15, 0.2) is 0 Å². The zero-order chi connectivity index (χ0) is 15.1. The van der Waals surface area contributed by atoms with E-state index in [0.717, 1.165) is 6.07 Å². The van der Waals surface area contributed by atoms with E-state index in [-0.39, 0.29) is 23.5 Å². The molecule has 0 aromatic heterocycles. The van der Waals surface area contributed by atoms with E-state index >= 15 is 0 Å². The molecule has 1 rings (SSSR count). The highest BCUT2D eigenvalue weighted by molar-refractivity contribution is 5.91. The Morgan fingerprint density at radius 1 is 1.40 bits per heavy atom. The van der Waals surface area contributed by atoms with Crippen molar-refractivity contribution in [2.45, 2.75) is 13.8 Å². The van der Waals surface area contributed by atoms with E-state index in [2.05, 4.69) is 0 Å².